The lowest BCUT2D eigenvalue weighted by Gasteiger charge is -2.21. The highest BCUT2D eigenvalue weighted by molar-refractivity contribution is 4.81. The Hall–Kier alpha value is 0. The molecule has 0 rings (SSSR count). The third-order valence-electron chi connectivity index (χ3n) is 3.26. The molecular formula is C14H29. The fraction of sp³-hybridized carbons (Fsp3) is 0.929. The standard InChI is InChI=1S/C14H29/c1-6-9-14(8-3)11-13(5)10-12(4)7-2/h11-14H,6-10H2,1-5H3. The molecule has 3 unspecified atom stereocenters. The Kier molecular flexibility index (Phi) is 8.32. The largest absolute Gasteiger partial charge is 0.0654 e. The predicted molar refractivity (Wildman–Crippen MR) is 66.2 cm³/mol. The van der Waals surface area contributed by atoms with Gasteiger partial charge in [-0.05, 0) is 30.6 Å². The molecule has 0 aromatic carbocycles. The summed E-state index contributed by atoms with van der Waals surface area (Å²) in [6, 6.07) is 0. The highest BCUT2D eigenvalue weighted by atomic mass is 14.2. The van der Waals surface area contributed by atoms with Gasteiger partial charge in [-0.3, -0.25) is 0 Å². The topological polar surface area (TPSA) is 0 Å². The molecule has 0 nitrogen and oxygen atoms in total. The van der Waals surface area contributed by atoms with Crippen LogP contribution in [0.3, 0.4) is 0 Å². The van der Waals surface area contributed by atoms with Crippen LogP contribution in [0.25, 0.3) is 0 Å². The molecule has 0 amide bonds. The molecule has 0 fully saturated rings. The minimum absolute atomic E-state index is 0.807. The van der Waals surface area contributed by atoms with Crippen molar-refractivity contribution in [3.63, 3.8) is 0 Å². The minimum Gasteiger partial charge on any atom is -0.0654 e. The second kappa shape index (κ2) is 8.32. The average Bonchev–Trinajstić information content (AvgIpc) is 2.16. The number of rotatable bonds is 8. The molecule has 0 saturated carbocycles. The first-order valence-electron chi connectivity index (χ1n) is 6.48. The van der Waals surface area contributed by atoms with Gasteiger partial charge in [0.05, 0.1) is 0 Å². The Balaban J connectivity index is 3.71. The summed E-state index contributed by atoms with van der Waals surface area (Å²) in [5.41, 5.74) is 0. The maximum absolute atomic E-state index is 2.59. The quantitative estimate of drug-likeness (QED) is 0.508. The third-order valence-corrected chi connectivity index (χ3v) is 3.26. The van der Waals surface area contributed by atoms with Gasteiger partial charge in [-0.15, -0.1) is 0 Å². The lowest BCUT2D eigenvalue weighted by atomic mass is 9.85. The smallest absolute Gasteiger partial charge is 0.0326 e. The maximum atomic E-state index is 2.59. The molecule has 3 atom stereocenters. The molecular weight excluding hydrogens is 168 g/mol. The van der Waals surface area contributed by atoms with E-state index in [1.807, 2.05) is 0 Å². The highest BCUT2D eigenvalue weighted by Gasteiger charge is 2.13. The van der Waals surface area contributed by atoms with E-state index < -0.39 is 0 Å². The molecule has 0 aliphatic carbocycles. The number of hydrogen-bond acceptors (Lipinski definition) is 0. The van der Waals surface area contributed by atoms with Crippen molar-refractivity contribution >= 4 is 0 Å². The van der Waals surface area contributed by atoms with Crippen molar-refractivity contribution in [2.24, 2.45) is 17.8 Å². The van der Waals surface area contributed by atoms with Crippen molar-refractivity contribution in [1.82, 2.24) is 0 Å². The zero-order valence-electron chi connectivity index (χ0n) is 10.8. The Labute approximate surface area is 91.5 Å². The van der Waals surface area contributed by atoms with E-state index in [0.29, 0.717) is 0 Å². The Morgan fingerprint density at radius 2 is 1.64 bits per heavy atom. The molecule has 0 N–H and O–H groups in total. The molecule has 0 aliphatic rings. The van der Waals surface area contributed by atoms with E-state index in [9.17, 15) is 0 Å². The van der Waals surface area contributed by atoms with Gasteiger partial charge < -0.3 is 0 Å². The zero-order valence-corrected chi connectivity index (χ0v) is 10.8. The van der Waals surface area contributed by atoms with Crippen molar-refractivity contribution in [3.8, 4) is 0 Å². The van der Waals surface area contributed by atoms with E-state index in [1.165, 1.54) is 32.1 Å². The summed E-state index contributed by atoms with van der Waals surface area (Å²) in [6.45, 7) is 11.6. The molecule has 85 valence electrons. The van der Waals surface area contributed by atoms with Crippen LogP contribution in [0.4, 0.5) is 0 Å². The molecule has 0 aromatic heterocycles. The fourth-order valence-electron chi connectivity index (χ4n) is 2.15. The molecule has 0 saturated heterocycles. The summed E-state index contributed by atoms with van der Waals surface area (Å²) in [4.78, 5) is 0. The first kappa shape index (κ1) is 14.0. The van der Waals surface area contributed by atoms with Crippen LogP contribution in [-0.4, -0.2) is 0 Å². The molecule has 0 aromatic rings. The van der Waals surface area contributed by atoms with Crippen LogP contribution in [0.1, 0.15) is 66.7 Å². The first-order valence-corrected chi connectivity index (χ1v) is 6.48. The summed E-state index contributed by atoms with van der Waals surface area (Å²) in [5, 5.41) is 0. The van der Waals surface area contributed by atoms with Gasteiger partial charge in [-0.25, -0.2) is 0 Å². The Bertz CT molecular complexity index is 117. The summed E-state index contributed by atoms with van der Waals surface area (Å²) >= 11 is 0. The van der Waals surface area contributed by atoms with E-state index in [4.69, 9.17) is 0 Å². The van der Waals surface area contributed by atoms with Gasteiger partial charge in [0.25, 0.3) is 0 Å². The zero-order chi connectivity index (χ0) is 11.0. The summed E-state index contributed by atoms with van der Waals surface area (Å²) in [7, 11) is 0. The van der Waals surface area contributed by atoms with Gasteiger partial charge in [-0.2, -0.15) is 0 Å². The van der Waals surface area contributed by atoms with E-state index in [2.05, 4.69) is 41.0 Å². The van der Waals surface area contributed by atoms with E-state index in [1.54, 1.807) is 0 Å². The van der Waals surface area contributed by atoms with Crippen LogP contribution >= 0.6 is 0 Å². The molecule has 0 spiro atoms. The number of hydrogen-bond donors (Lipinski definition) is 0. The summed E-state index contributed by atoms with van der Waals surface area (Å²) < 4.78 is 0. The van der Waals surface area contributed by atoms with Gasteiger partial charge in [0.2, 0.25) is 0 Å². The van der Waals surface area contributed by atoms with Crippen LogP contribution in [0, 0.1) is 24.2 Å². The molecule has 1 radical (unpaired) electrons. The van der Waals surface area contributed by atoms with Gasteiger partial charge in [0.1, 0.15) is 0 Å². The summed E-state index contributed by atoms with van der Waals surface area (Å²) in [6.07, 6.45) is 9.31. The minimum atomic E-state index is 0.807. The lowest BCUT2D eigenvalue weighted by Crippen LogP contribution is -2.09. The normalized spacial score (nSPS) is 17.8. The van der Waals surface area contributed by atoms with Crippen LogP contribution < -0.4 is 0 Å². The van der Waals surface area contributed by atoms with Crippen molar-refractivity contribution in [3.05, 3.63) is 6.42 Å². The van der Waals surface area contributed by atoms with Crippen molar-refractivity contribution in [1.29, 1.82) is 0 Å². The Morgan fingerprint density at radius 3 is 2.07 bits per heavy atom. The van der Waals surface area contributed by atoms with Gasteiger partial charge in [0, 0.05) is 0 Å². The second-order valence-corrected chi connectivity index (χ2v) is 4.88. The van der Waals surface area contributed by atoms with E-state index >= 15 is 0 Å². The maximum Gasteiger partial charge on any atom is -0.0326 e. The molecule has 0 bridgehead atoms. The predicted octanol–water partition coefficient (Wildman–Crippen LogP) is 5.09. The lowest BCUT2D eigenvalue weighted by molar-refractivity contribution is 0.390. The molecule has 0 heterocycles. The highest BCUT2D eigenvalue weighted by Crippen LogP contribution is 2.24. The SMILES string of the molecule is CCCC([CH]C(C)CC(C)CC)CC. The van der Waals surface area contributed by atoms with Gasteiger partial charge >= 0.3 is 0 Å². The average molecular weight is 197 g/mol. The fourth-order valence-corrected chi connectivity index (χ4v) is 2.15. The van der Waals surface area contributed by atoms with Crippen LogP contribution in [-0.2, 0) is 0 Å². The van der Waals surface area contributed by atoms with Crippen molar-refractivity contribution in [2.75, 3.05) is 0 Å². The van der Waals surface area contributed by atoms with Crippen molar-refractivity contribution in [2.45, 2.75) is 66.7 Å². The van der Waals surface area contributed by atoms with Gasteiger partial charge in [-0.1, -0.05) is 60.3 Å². The third kappa shape index (κ3) is 6.45. The van der Waals surface area contributed by atoms with Crippen molar-refractivity contribution < 1.29 is 0 Å². The first-order chi connectivity index (χ1) is 6.63. The Morgan fingerprint density at radius 1 is 1.00 bits per heavy atom. The summed E-state index contributed by atoms with van der Waals surface area (Å²) in [5.74, 6) is 2.56. The van der Waals surface area contributed by atoms with E-state index in [-0.39, 0.29) is 0 Å². The molecule has 14 heavy (non-hydrogen) atoms. The van der Waals surface area contributed by atoms with Gasteiger partial charge in [0.15, 0.2) is 0 Å². The van der Waals surface area contributed by atoms with Crippen LogP contribution in [0.15, 0.2) is 0 Å². The van der Waals surface area contributed by atoms with Crippen LogP contribution in [0.5, 0.6) is 0 Å². The molecule has 0 aliphatic heterocycles. The molecule has 0 heteroatoms. The monoisotopic (exact) mass is 197 g/mol. The second-order valence-electron chi connectivity index (χ2n) is 4.88. The van der Waals surface area contributed by atoms with Crippen LogP contribution in [0.2, 0.25) is 0 Å². The van der Waals surface area contributed by atoms with E-state index in [0.717, 1.165) is 17.8 Å².